The molecule has 42 heavy (non-hydrogen) atoms. The lowest BCUT2D eigenvalue weighted by Crippen LogP contribution is -2.38. The van der Waals surface area contributed by atoms with Gasteiger partial charge in [0.1, 0.15) is 17.6 Å². The summed E-state index contributed by atoms with van der Waals surface area (Å²) in [6, 6.07) is 20.3. The highest BCUT2D eigenvalue weighted by atomic mass is 35.5. The van der Waals surface area contributed by atoms with Gasteiger partial charge in [-0.15, -0.1) is 0 Å². The number of carboxylic acids is 1. The molecule has 0 bridgehead atoms. The van der Waals surface area contributed by atoms with Gasteiger partial charge in [0.05, 0.1) is 28.0 Å². The number of thiocarbonyl (C=S) groups is 1. The fourth-order valence-corrected chi connectivity index (χ4v) is 7.05. The van der Waals surface area contributed by atoms with Crippen LogP contribution in [0.25, 0.3) is 11.3 Å². The van der Waals surface area contributed by atoms with E-state index in [1.165, 1.54) is 6.42 Å². The second-order valence-corrected chi connectivity index (χ2v) is 12.3. The Balaban J connectivity index is 1.38. The van der Waals surface area contributed by atoms with E-state index in [0.29, 0.717) is 33.5 Å². The Labute approximate surface area is 256 Å². The summed E-state index contributed by atoms with van der Waals surface area (Å²) in [6.45, 7) is 8.44. The quantitative estimate of drug-likeness (QED) is 0.218. The number of aryl methyl sites for hydroxylation is 1. The number of pyridine rings is 1. The van der Waals surface area contributed by atoms with E-state index in [9.17, 15) is 9.90 Å². The lowest BCUT2D eigenvalue weighted by Gasteiger charge is -2.37. The number of carboxylic acid groups (broad SMARTS) is 1. The summed E-state index contributed by atoms with van der Waals surface area (Å²) in [5.41, 5.74) is 4.63. The molecule has 2 aliphatic heterocycles. The third-order valence-corrected chi connectivity index (χ3v) is 8.79. The molecule has 2 aromatic heterocycles. The van der Waals surface area contributed by atoms with Crippen LogP contribution in [-0.4, -0.2) is 34.3 Å². The van der Waals surface area contributed by atoms with E-state index >= 15 is 0 Å². The van der Waals surface area contributed by atoms with Gasteiger partial charge >= 0.3 is 5.97 Å². The Bertz CT molecular complexity index is 1630. The summed E-state index contributed by atoms with van der Waals surface area (Å²) in [5.74, 6) is 1.62. The molecule has 0 amide bonds. The SMILES string of the molecule is Cc1cc(C(=O)O)ccc1-c1ccc([C@@H]2[C@H](c3ccccn3)NC(=S)N2c2ccc(N3C[C@@H](C)C[C@H](C)C3)c(Cl)c2)o1. The molecule has 0 radical (unpaired) electrons. The zero-order valence-corrected chi connectivity index (χ0v) is 25.3. The van der Waals surface area contributed by atoms with Gasteiger partial charge in [-0.05, 0) is 97.6 Å². The highest BCUT2D eigenvalue weighted by Crippen LogP contribution is 2.45. The predicted molar refractivity (Wildman–Crippen MR) is 170 cm³/mol. The maximum Gasteiger partial charge on any atom is 0.335 e. The number of carbonyl (C=O) groups is 1. The van der Waals surface area contributed by atoms with Crippen molar-refractivity contribution in [3.63, 3.8) is 0 Å². The van der Waals surface area contributed by atoms with E-state index in [0.717, 1.165) is 41.3 Å². The standard InChI is InChI=1S/C33H33ClN4O3S/c1-19-14-20(2)18-37(17-19)27-10-8-23(16-25(27)34)38-31(30(36-33(38)42)26-6-4-5-13-35-26)29-12-11-28(41-29)24-9-7-22(32(39)40)15-21(24)3/h4-13,15-16,19-20,30-31H,14,17-18H2,1-3H3,(H,36,42)(H,39,40)/t19-,20-,30-,31+/m0/s1. The van der Waals surface area contributed by atoms with Gasteiger partial charge in [-0.25, -0.2) is 4.79 Å². The minimum Gasteiger partial charge on any atom is -0.478 e. The summed E-state index contributed by atoms with van der Waals surface area (Å²) in [4.78, 5) is 20.5. The first-order chi connectivity index (χ1) is 20.2. The number of nitrogens with zero attached hydrogens (tertiary/aromatic N) is 3. The van der Waals surface area contributed by atoms with Gasteiger partial charge in [0.15, 0.2) is 5.11 Å². The van der Waals surface area contributed by atoms with Gasteiger partial charge in [0, 0.05) is 30.5 Å². The van der Waals surface area contributed by atoms with Crippen LogP contribution in [-0.2, 0) is 0 Å². The minimum atomic E-state index is -0.960. The Hall–Kier alpha value is -3.88. The first kappa shape index (κ1) is 28.2. The molecule has 9 heteroatoms. The molecule has 2 N–H and O–H groups in total. The normalized spacial score (nSPS) is 22.3. The molecule has 0 saturated carbocycles. The Morgan fingerprint density at radius 2 is 1.86 bits per heavy atom. The molecule has 0 aliphatic carbocycles. The summed E-state index contributed by atoms with van der Waals surface area (Å²) >= 11 is 12.9. The predicted octanol–water partition coefficient (Wildman–Crippen LogP) is 7.66. The monoisotopic (exact) mass is 600 g/mol. The molecule has 2 saturated heterocycles. The molecule has 4 heterocycles. The topological polar surface area (TPSA) is 81.8 Å². The number of hydrogen-bond acceptors (Lipinski definition) is 5. The molecule has 4 atom stereocenters. The number of aromatic nitrogens is 1. The van der Waals surface area contributed by atoms with Crippen LogP contribution in [0.1, 0.15) is 59.7 Å². The van der Waals surface area contributed by atoms with Crippen LogP contribution >= 0.6 is 23.8 Å². The minimum absolute atomic E-state index is 0.239. The van der Waals surface area contributed by atoms with E-state index in [1.807, 2.05) is 43.3 Å². The average molecular weight is 601 g/mol. The summed E-state index contributed by atoms with van der Waals surface area (Å²) in [7, 11) is 0. The molecule has 216 valence electrons. The van der Waals surface area contributed by atoms with E-state index in [-0.39, 0.29) is 17.6 Å². The molecule has 2 fully saturated rings. The molecule has 4 aromatic rings. The van der Waals surface area contributed by atoms with Crippen molar-refractivity contribution in [3.05, 3.63) is 101 Å². The number of anilines is 2. The summed E-state index contributed by atoms with van der Waals surface area (Å²) < 4.78 is 6.50. The second-order valence-electron chi connectivity index (χ2n) is 11.5. The van der Waals surface area contributed by atoms with Gasteiger partial charge in [0.25, 0.3) is 0 Å². The molecular formula is C33H33ClN4O3S. The van der Waals surface area contributed by atoms with Crippen molar-refractivity contribution in [2.75, 3.05) is 22.9 Å². The van der Waals surface area contributed by atoms with E-state index < -0.39 is 5.97 Å². The first-order valence-electron chi connectivity index (χ1n) is 14.2. The zero-order valence-electron chi connectivity index (χ0n) is 23.8. The fraction of sp³-hybridized carbons (Fsp3) is 0.303. The highest BCUT2D eigenvalue weighted by molar-refractivity contribution is 7.80. The average Bonchev–Trinajstić information content (AvgIpc) is 3.57. The Morgan fingerprint density at radius 1 is 1.07 bits per heavy atom. The van der Waals surface area contributed by atoms with Crippen molar-refractivity contribution in [1.29, 1.82) is 0 Å². The van der Waals surface area contributed by atoms with Crippen LogP contribution in [0.4, 0.5) is 11.4 Å². The Kier molecular flexibility index (Phi) is 7.68. The lowest BCUT2D eigenvalue weighted by molar-refractivity contribution is 0.0696. The van der Waals surface area contributed by atoms with Crippen molar-refractivity contribution < 1.29 is 14.3 Å². The molecule has 0 spiro atoms. The van der Waals surface area contributed by atoms with Gasteiger partial charge in [-0.2, -0.15) is 0 Å². The Morgan fingerprint density at radius 3 is 2.52 bits per heavy atom. The van der Waals surface area contributed by atoms with Crippen LogP contribution in [0.15, 0.2) is 77.3 Å². The third-order valence-electron chi connectivity index (χ3n) is 8.17. The smallest absolute Gasteiger partial charge is 0.335 e. The van der Waals surface area contributed by atoms with E-state index in [1.54, 1.807) is 24.4 Å². The van der Waals surface area contributed by atoms with Gasteiger partial charge < -0.3 is 24.6 Å². The van der Waals surface area contributed by atoms with Crippen LogP contribution in [0, 0.1) is 18.8 Å². The lowest BCUT2D eigenvalue weighted by atomic mass is 9.91. The van der Waals surface area contributed by atoms with Gasteiger partial charge in [0.2, 0.25) is 0 Å². The molecular weight excluding hydrogens is 568 g/mol. The number of hydrogen-bond donors (Lipinski definition) is 2. The van der Waals surface area contributed by atoms with Crippen molar-refractivity contribution in [1.82, 2.24) is 10.3 Å². The number of aromatic carboxylic acids is 1. The van der Waals surface area contributed by atoms with Crippen LogP contribution < -0.4 is 15.1 Å². The largest absolute Gasteiger partial charge is 0.478 e. The highest BCUT2D eigenvalue weighted by Gasteiger charge is 2.43. The molecule has 7 nitrogen and oxygen atoms in total. The van der Waals surface area contributed by atoms with E-state index in [2.05, 4.69) is 46.1 Å². The molecule has 2 aliphatic rings. The number of rotatable bonds is 6. The fourth-order valence-electron chi connectivity index (χ4n) is 6.41. The maximum atomic E-state index is 11.4. The zero-order chi connectivity index (χ0) is 29.5. The van der Waals surface area contributed by atoms with Crippen molar-refractivity contribution in [2.45, 2.75) is 39.3 Å². The van der Waals surface area contributed by atoms with E-state index in [4.69, 9.17) is 28.2 Å². The van der Waals surface area contributed by atoms with Crippen LogP contribution in [0.2, 0.25) is 5.02 Å². The number of halogens is 1. The summed E-state index contributed by atoms with van der Waals surface area (Å²) in [5, 5.41) is 14.1. The number of piperidine rings is 1. The number of benzene rings is 2. The van der Waals surface area contributed by atoms with Crippen molar-refractivity contribution in [3.8, 4) is 11.3 Å². The summed E-state index contributed by atoms with van der Waals surface area (Å²) in [6.07, 6.45) is 3.00. The number of furan rings is 1. The molecule has 0 unspecified atom stereocenters. The maximum absolute atomic E-state index is 11.4. The first-order valence-corrected chi connectivity index (χ1v) is 15.0. The van der Waals surface area contributed by atoms with Crippen LogP contribution in [0.5, 0.6) is 0 Å². The van der Waals surface area contributed by atoms with Crippen molar-refractivity contribution >= 4 is 46.3 Å². The molecule has 6 rings (SSSR count). The number of nitrogens with one attached hydrogen (secondary N) is 1. The van der Waals surface area contributed by atoms with Gasteiger partial charge in [-0.3, -0.25) is 4.98 Å². The van der Waals surface area contributed by atoms with Crippen LogP contribution in [0.3, 0.4) is 0 Å². The second kappa shape index (κ2) is 11.4. The molecule has 2 aromatic carbocycles. The van der Waals surface area contributed by atoms with Crippen molar-refractivity contribution in [2.24, 2.45) is 11.8 Å². The third kappa shape index (κ3) is 5.37. The van der Waals surface area contributed by atoms with Gasteiger partial charge in [-0.1, -0.05) is 37.6 Å².